The summed E-state index contributed by atoms with van der Waals surface area (Å²) in [5.74, 6) is 2.27. The van der Waals surface area contributed by atoms with Crippen molar-refractivity contribution in [2.45, 2.75) is 19.0 Å². The first-order valence-electron chi connectivity index (χ1n) is 10.5. The summed E-state index contributed by atoms with van der Waals surface area (Å²) >= 11 is 0. The molecule has 0 radical (unpaired) electrons. The molecule has 1 N–H and O–H groups in total. The van der Waals surface area contributed by atoms with E-state index in [2.05, 4.69) is 71.0 Å². The van der Waals surface area contributed by atoms with Gasteiger partial charge in [-0.15, -0.1) is 0 Å². The largest absolute Gasteiger partial charge is 0.347 e. The maximum absolute atomic E-state index is 5.07. The molecule has 3 unspecified atom stereocenters. The van der Waals surface area contributed by atoms with E-state index in [-0.39, 0.29) is 12.1 Å². The summed E-state index contributed by atoms with van der Waals surface area (Å²) in [6, 6.07) is 14.4. The molecule has 3 atom stereocenters. The summed E-state index contributed by atoms with van der Waals surface area (Å²) in [5.41, 5.74) is 3.52. The van der Waals surface area contributed by atoms with Crippen LogP contribution in [0, 0.1) is 11.8 Å². The number of nitrogens with zero attached hydrogens (tertiary/aromatic N) is 3. The first kappa shape index (κ1) is 18.5. The summed E-state index contributed by atoms with van der Waals surface area (Å²) in [5, 5.41) is 3.58. The Bertz CT molecular complexity index is 1070. The van der Waals surface area contributed by atoms with Crippen molar-refractivity contribution in [2.24, 2.45) is 21.8 Å². The van der Waals surface area contributed by atoms with E-state index in [4.69, 9.17) is 9.98 Å². The maximum Gasteiger partial charge on any atom is 0.137 e. The number of hydrogen-bond donors (Lipinski definition) is 1. The SMILES string of the molecule is C1=CCC(C2N=C(C3C=CC=C(c4cccnc4)C3)N=C(c3ccccc3)N2)C=C1. The Morgan fingerprint density at radius 3 is 2.60 bits per heavy atom. The van der Waals surface area contributed by atoms with Gasteiger partial charge in [-0.05, 0) is 30.0 Å². The lowest BCUT2D eigenvalue weighted by molar-refractivity contribution is 0.472. The first-order valence-corrected chi connectivity index (χ1v) is 10.5. The van der Waals surface area contributed by atoms with E-state index in [0.29, 0.717) is 5.92 Å². The van der Waals surface area contributed by atoms with E-state index in [9.17, 15) is 0 Å². The highest BCUT2D eigenvalue weighted by Crippen LogP contribution is 2.30. The Hall–Kier alpha value is -3.53. The second-order valence-corrected chi connectivity index (χ2v) is 7.74. The molecule has 148 valence electrons. The van der Waals surface area contributed by atoms with Crippen molar-refractivity contribution in [1.29, 1.82) is 0 Å². The highest BCUT2D eigenvalue weighted by Gasteiger charge is 2.28. The second-order valence-electron chi connectivity index (χ2n) is 7.74. The molecule has 1 aliphatic heterocycles. The van der Waals surface area contributed by atoms with Crippen LogP contribution in [0.4, 0.5) is 0 Å². The molecule has 30 heavy (non-hydrogen) atoms. The average molecular weight is 393 g/mol. The van der Waals surface area contributed by atoms with Crippen LogP contribution in [-0.2, 0) is 0 Å². The Balaban J connectivity index is 1.46. The van der Waals surface area contributed by atoms with Gasteiger partial charge in [-0.3, -0.25) is 4.98 Å². The van der Waals surface area contributed by atoms with Gasteiger partial charge in [0.2, 0.25) is 0 Å². The van der Waals surface area contributed by atoms with E-state index in [1.54, 1.807) is 0 Å². The van der Waals surface area contributed by atoms with E-state index in [1.165, 1.54) is 5.57 Å². The third-order valence-electron chi connectivity index (χ3n) is 5.69. The third-order valence-corrected chi connectivity index (χ3v) is 5.69. The van der Waals surface area contributed by atoms with Gasteiger partial charge >= 0.3 is 0 Å². The molecule has 0 bridgehead atoms. The van der Waals surface area contributed by atoms with Crippen molar-refractivity contribution in [3.8, 4) is 0 Å². The van der Waals surface area contributed by atoms with Crippen LogP contribution in [0.15, 0.2) is 107 Å². The van der Waals surface area contributed by atoms with Gasteiger partial charge in [0.1, 0.15) is 17.8 Å². The normalized spacial score (nSPS) is 25.2. The number of aromatic nitrogens is 1. The van der Waals surface area contributed by atoms with Crippen LogP contribution in [0.25, 0.3) is 5.57 Å². The van der Waals surface area contributed by atoms with Gasteiger partial charge in [-0.1, -0.05) is 78.9 Å². The van der Waals surface area contributed by atoms with Gasteiger partial charge in [-0.25, -0.2) is 9.98 Å². The molecule has 2 aliphatic carbocycles. The van der Waals surface area contributed by atoms with Gasteiger partial charge in [0.05, 0.1) is 0 Å². The molecule has 4 nitrogen and oxygen atoms in total. The molecule has 0 fully saturated rings. The van der Waals surface area contributed by atoms with Crippen LogP contribution >= 0.6 is 0 Å². The average Bonchev–Trinajstić information content (AvgIpc) is 2.85. The van der Waals surface area contributed by atoms with Crippen molar-refractivity contribution in [1.82, 2.24) is 10.3 Å². The fourth-order valence-corrected chi connectivity index (χ4v) is 4.07. The molecule has 5 rings (SSSR count). The molecular weight excluding hydrogens is 368 g/mol. The number of benzene rings is 1. The molecule has 0 amide bonds. The molecule has 2 heterocycles. The molecule has 0 spiro atoms. The zero-order valence-electron chi connectivity index (χ0n) is 16.7. The fourth-order valence-electron chi connectivity index (χ4n) is 4.07. The smallest absolute Gasteiger partial charge is 0.137 e. The van der Waals surface area contributed by atoms with Crippen molar-refractivity contribution in [3.63, 3.8) is 0 Å². The van der Waals surface area contributed by atoms with Crippen molar-refractivity contribution in [3.05, 3.63) is 109 Å². The van der Waals surface area contributed by atoms with Gasteiger partial charge in [0.15, 0.2) is 0 Å². The molecule has 1 aromatic heterocycles. The Morgan fingerprint density at radius 1 is 0.900 bits per heavy atom. The lowest BCUT2D eigenvalue weighted by atomic mass is 9.89. The molecule has 1 aromatic carbocycles. The summed E-state index contributed by atoms with van der Waals surface area (Å²) in [6.07, 6.45) is 20.7. The van der Waals surface area contributed by atoms with Gasteiger partial charge in [0.25, 0.3) is 0 Å². The van der Waals surface area contributed by atoms with Crippen molar-refractivity contribution < 1.29 is 0 Å². The van der Waals surface area contributed by atoms with E-state index < -0.39 is 0 Å². The van der Waals surface area contributed by atoms with E-state index in [1.807, 2.05) is 36.7 Å². The van der Waals surface area contributed by atoms with Crippen LogP contribution in [0.3, 0.4) is 0 Å². The third kappa shape index (κ3) is 3.94. The number of rotatable bonds is 4. The molecule has 2 aromatic rings. The van der Waals surface area contributed by atoms with E-state index >= 15 is 0 Å². The fraction of sp³-hybridized carbons (Fsp3) is 0.192. The standard InChI is InChI=1S/C26H24N4/c1-3-9-19(10-4-1)24-28-25(20-11-5-2-6-12-20)30-26(29-24)22-14-7-13-21(17-22)23-15-8-16-27-18-23/h1-11,13-16,18,20,22,25H,12,17H2,(H,28,29,30). The van der Waals surface area contributed by atoms with Gasteiger partial charge in [-0.2, -0.15) is 0 Å². The summed E-state index contributed by atoms with van der Waals surface area (Å²) in [7, 11) is 0. The number of hydrogen-bond acceptors (Lipinski definition) is 4. The zero-order valence-corrected chi connectivity index (χ0v) is 16.7. The lowest BCUT2D eigenvalue weighted by Gasteiger charge is -2.30. The molecule has 0 saturated carbocycles. The molecule has 3 aliphatic rings. The summed E-state index contributed by atoms with van der Waals surface area (Å²) in [4.78, 5) is 14.3. The number of nitrogens with one attached hydrogen (secondary N) is 1. The highest BCUT2D eigenvalue weighted by atomic mass is 15.2. The van der Waals surface area contributed by atoms with Crippen LogP contribution in [-0.4, -0.2) is 22.8 Å². The molecule has 4 heteroatoms. The molecular formula is C26H24N4. The first-order chi connectivity index (χ1) is 14.9. The minimum atomic E-state index is -0.0185. The van der Waals surface area contributed by atoms with Crippen LogP contribution < -0.4 is 5.32 Å². The van der Waals surface area contributed by atoms with Crippen molar-refractivity contribution in [2.75, 3.05) is 0 Å². The predicted molar refractivity (Wildman–Crippen MR) is 123 cm³/mol. The Morgan fingerprint density at radius 2 is 1.80 bits per heavy atom. The van der Waals surface area contributed by atoms with Gasteiger partial charge < -0.3 is 5.32 Å². The second kappa shape index (κ2) is 8.46. The van der Waals surface area contributed by atoms with E-state index in [0.717, 1.165) is 35.6 Å². The Kier molecular flexibility index (Phi) is 5.21. The molecule has 0 saturated heterocycles. The lowest BCUT2D eigenvalue weighted by Crippen LogP contribution is -2.43. The van der Waals surface area contributed by atoms with Crippen LogP contribution in [0.5, 0.6) is 0 Å². The number of allylic oxidation sites excluding steroid dienone is 6. The minimum Gasteiger partial charge on any atom is -0.347 e. The predicted octanol–water partition coefficient (Wildman–Crippen LogP) is 4.95. The zero-order chi connectivity index (χ0) is 20.2. The monoisotopic (exact) mass is 392 g/mol. The number of aliphatic imine (C=N–C) groups is 2. The number of amidine groups is 2. The van der Waals surface area contributed by atoms with Crippen molar-refractivity contribution >= 4 is 17.2 Å². The topological polar surface area (TPSA) is 49.6 Å². The highest BCUT2D eigenvalue weighted by molar-refractivity contribution is 6.09. The summed E-state index contributed by atoms with van der Waals surface area (Å²) in [6.45, 7) is 0. The van der Waals surface area contributed by atoms with Crippen LogP contribution in [0.2, 0.25) is 0 Å². The quantitative estimate of drug-likeness (QED) is 0.800. The Labute approximate surface area is 177 Å². The number of pyridine rings is 1. The minimum absolute atomic E-state index is 0.0185. The summed E-state index contributed by atoms with van der Waals surface area (Å²) < 4.78 is 0. The van der Waals surface area contributed by atoms with Crippen LogP contribution in [0.1, 0.15) is 24.0 Å². The van der Waals surface area contributed by atoms with Gasteiger partial charge in [0, 0.05) is 29.8 Å². The maximum atomic E-state index is 5.07.